The molecule has 11 heteroatoms. The van der Waals surface area contributed by atoms with Crippen LogP contribution >= 0.6 is 0 Å². The first-order valence-corrected chi connectivity index (χ1v) is 16.5. The number of anilines is 2. The average molecular weight is 604 g/mol. The number of hydrogen-bond acceptors (Lipinski definition) is 9. The van der Waals surface area contributed by atoms with Gasteiger partial charge in [0.25, 0.3) is 0 Å². The lowest BCUT2D eigenvalue weighted by Crippen LogP contribution is -2.37. The summed E-state index contributed by atoms with van der Waals surface area (Å²) in [5.41, 5.74) is 12.1. The van der Waals surface area contributed by atoms with Gasteiger partial charge in [-0.3, -0.25) is 0 Å². The quantitative estimate of drug-likeness (QED) is 0.428. The zero-order valence-corrected chi connectivity index (χ0v) is 26.2. The predicted octanol–water partition coefficient (Wildman–Crippen LogP) is 4.13. The van der Waals surface area contributed by atoms with Crippen molar-refractivity contribution in [1.82, 2.24) is 24.6 Å². The van der Waals surface area contributed by atoms with Crippen LogP contribution in [0.4, 0.5) is 11.6 Å². The van der Waals surface area contributed by atoms with E-state index in [1.54, 1.807) is 18.6 Å². The van der Waals surface area contributed by atoms with Gasteiger partial charge in [-0.2, -0.15) is 0 Å². The van der Waals surface area contributed by atoms with Crippen LogP contribution in [0.2, 0.25) is 0 Å². The van der Waals surface area contributed by atoms with Crippen LogP contribution < -0.4 is 20.1 Å². The molecular formula is C32H41N7O3S. The number of pyridine rings is 1. The zero-order chi connectivity index (χ0) is 30.4. The summed E-state index contributed by atoms with van der Waals surface area (Å²) < 4.78 is 35.6. The number of ether oxygens (including phenoxy) is 1. The van der Waals surface area contributed by atoms with Crippen LogP contribution in [-0.2, 0) is 23.0 Å². The van der Waals surface area contributed by atoms with Gasteiger partial charge in [-0.15, -0.1) is 0 Å². The summed E-state index contributed by atoms with van der Waals surface area (Å²) >= 11 is 0. The van der Waals surface area contributed by atoms with E-state index < -0.39 is 10.0 Å². The molecule has 0 unspecified atom stereocenters. The van der Waals surface area contributed by atoms with Gasteiger partial charge >= 0.3 is 0 Å². The summed E-state index contributed by atoms with van der Waals surface area (Å²) in [6.45, 7) is 10.8. The summed E-state index contributed by atoms with van der Waals surface area (Å²) in [6, 6.07) is 7.55. The highest BCUT2D eigenvalue weighted by Crippen LogP contribution is 2.41. The molecule has 3 aliphatic rings. The number of allylic oxidation sites excluding steroid dienone is 1. The van der Waals surface area contributed by atoms with Gasteiger partial charge in [0.1, 0.15) is 35.2 Å². The Morgan fingerprint density at radius 1 is 1.09 bits per heavy atom. The van der Waals surface area contributed by atoms with E-state index >= 15 is 0 Å². The predicted molar refractivity (Wildman–Crippen MR) is 169 cm³/mol. The van der Waals surface area contributed by atoms with Gasteiger partial charge in [0.2, 0.25) is 10.0 Å². The summed E-state index contributed by atoms with van der Waals surface area (Å²) in [4.78, 5) is 18.1. The fraction of sp³-hybridized carbons (Fsp3) is 0.469. The molecule has 4 heterocycles. The molecule has 1 aromatic carbocycles. The number of nitrogens with one attached hydrogen (secondary N) is 1. The van der Waals surface area contributed by atoms with E-state index in [2.05, 4.69) is 58.4 Å². The van der Waals surface area contributed by atoms with Crippen LogP contribution in [0.15, 0.2) is 47.3 Å². The van der Waals surface area contributed by atoms with Gasteiger partial charge in [0.15, 0.2) is 0 Å². The van der Waals surface area contributed by atoms with Gasteiger partial charge in [-0.1, -0.05) is 25.5 Å². The Hall–Kier alpha value is -3.54. The molecule has 43 heavy (non-hydrogen) atoms. The smallest absolute Gasteiger partial charge is 0.244 e. The maximum Gasteiger partial charge on any atom is 0.244 e. The minimum atomic E-state index is -3.83. The Morgan fingerprint density at radius 3 is 2.67 bits per heavy atom. The second kappa shape index (κ2) is 11.5. The van der Waals surface area contributed by atoms with Crippen molar-refractivity contribution in [3.63, 3.8) is 0 Å². The Morgan fingerprint density at radius 2 is 1.88 bits per heavy atom. The van der Waals surface area contributed by atoms with Gasteiger partial charge < -0.3 is 20.3 Å². The minimum Gasteiger partial charge on any atom is -0.491 e. The van der Waals surface area contributed by atoms with E-state index in [0.717, 1.165) is 66.3 Å². The third-order valence-electron chi connectivity index (χ3n) is 9.24. The van der Waals surface area contributed by atoms with Crippen molar-refractivity contribution < 1.29 is 13.2 Å². The third kappa shape index (κ3) is 6.11. The van der Waals surface area contributed by atoms with Crippen LogP contribution in [0.25, 0.3) is 17.2 Å². The molecule has 10 nitrogen and oxygen atoms in total. The van der Waals surface area contributed by atoms with Crippen molar-refractivity contribution in [3.05, 3.63) is 59.2 Å². The standard InChI is InChI=1S/C32H41N7O3S/c1-21-13-27-26(16-32(21,2)3)31(36-20-35-27)39-11-12-42-28-6-5-23(14-25(28)19-39)24-15-29(30(33)34-18-24)43(40,41)37-17-22-7-9-38(4)10-8-22/h5-6,13-15,18,20,22,37H,7-12,16-17,19H2,1-4H3,(H2,33,34). The topological polar surface area (TPSA) is 127 Å². The molecule has 2 aromatic heterocycles. The number of nitrogens with two attached hydrogens (primary N) is 1. The summed E-state index contributed by atoms with van der Waals surface area (Å²) in [5, 5.41) is 0. The highest BCUT2D eigenvalue weighted by Gasteiger charge is 2.31. The molecule has 3 N–H and O–H groups in total. The first-order chi connectivity index (χ1) is 20.5. The Labute approximate surface area is 254 Å². The van der Waals surface area contributed by atoms with E-state index in [9.17, 15) is 8.42 Å². The lowest BCUT2D eigenvalue weighted by molar-refractivity contribution is 0.220. The molecule has 3 aromatic rings. The second-order valence-corrected chi connectivity index (χ2v) is 14.5. The SMILES string of the molecule is CC1=Cc2ncnc(N3CCOc4ccc(-c5cnc(N)c(S(=O)(=O)NCC6CCN(C)CC6)c5)cc4C3)c2CC1(C)C. The number of rotatable bonds is 6. The maximum atomic E-state index is 13.3. The zero-order valence-electron chi connectivity index (χ0n) is 25.4. The largest absolute Gasteiger partial charge is 0.491 e. The lowest BCUT2D eigenvalue weighted by Gasteiger charge is -2.33. The molecule has 228 valence electrons. The highest BCUT2D eigenvalue weighted by molar-refractivity contribution is 7.89. The molecule has 1 saturated heterocycles. The molecule has 2 aliphatic heterocycles. The van der Waals surface area contributed by atoms with Crippen LogP contribution in [-0.4, -0.2) is 68.1 Å². The van der Waals surface area contributed by atoms with E-state index in [4.69, 9.17) is 15.5 Å². The van der Waals surface area contributed by atoms with E-state index in [1.165, 1.54) is 5.57 Å². The number of nitrogen functional groups attached to an aromatic ring is 1. The Kier molecular flexibility index (Phi) is 7.91. The molecule has 6 rings (SSSR count). The molecule has 1 aliphatic carbocycles. The van der Waals surface area contributed by atoms with Crippen LogP contribution in [0.3, 0.4) is 0 Å². The van der Waals surface area contributed by atoms with Gasteiger partial charge in [0.05, 0.1) is 12.2 Å². The number of sulfonamides is 1. The molecule has 0 atom stereocenters. The molecule has 0 radical (unpaired) electrons. The Balaban J connectivity index is 1.26. The monoisotopic (exact) mass is 603 g/mol. The van der Waals surface area contributed by atoms with Crippen LogP contribution in [0.5, 0.6) is 5.75 Å². The molecule has 0 spiro atoms. The number of piperidine rings is 1. The van der Waals surface area contributed by atoms with Gasteiger partial charge in [-0.25, -0.2) is 28.1 Å². The molecule has 0 amide bonds. The van der Waals surface area contributed by atoms with E-state index in [1.807, 2.05) is 18.2 Å². The summed E-state index contributed by atoms with van der Waals surface area (Å²) in [6.07, 6.45) is 8.24. The summed E-state index contributed by atoms with van der Waals surface area (Å²) in [5.74, 6) is 2.04. The van der Waals surface area contributed by atoms with E-state index in [-0.39, 0.29) is 16.1 Å². The number of fused-ring (bicyclic) bond motifs is 2. The van der Waals surface area contributed by atoms with Crippen molar-refractivity contribution in [2.24, 2.45) is 11.3 Å². The number of hydrogen-bond donors (Lipinski definition) is 2. The van der Waals surface area contributed by atoms with Crippen molar-refractivity contribution in [1.29, 1.82) is 0 Å². The van der Waals surface area contributed by atoms with Crippen LogP contribution in [0, 0.1) is 11.3 Å². The first kappa shape index (κ1) is 29.5. The number of benzene rings is 1. The Bertz CT molecular complexity index is 1660. The van der Waals surface area contributed by atoms with Crippen molar-refractivity contribution in [2.75, 3.05) is 50.5 Å². The second-order valence-electron chi connectivity index (χ2n) is 12.7. The minimum absolute atomic E-state index is 0.00400. The third-order valence-corrected chi connectivity index (χ3v) is 10.7. The van der Waals surface area contributed by atoms with Crippen LogP contribution in [0.1, 0.15) is 50.4 Å². The number of nitrogens with zero attached hydrogens (tertiary/aromatic N) is 5. The fourth-order valence-electron chi connectivity index (χ4n) is 6.12. The van der Waals surface area contributed by atoms with E-state index in [0.29, 0.717) is 37.7 Å². The van der Waals surface area contributed by atoms with Gasteiger partial charge in [0, 0.05) is 36.0 Å². The fourth-order valence-corrected chi connectivity index (χ4v) is 7.34. The number of likely N-dealkylation sites (tertiary alicyclic amines) is 1. The summed E-state index contributed by atoms with van der Waals surface area (Å²) in [7, 11) is -1.74. The van der Waals surface area contributed by atoms with Crippen molar-refractivity contribution in [2.45, 2.75) is 51.5 Å². The van der Waals surface area contributed by atoms with Crippen molar-refractivity contribution >= 4 is 27.7 Å². The van der Waals surface area contributed by atoms with Gasteiger partial charge in [-0.05, 0) is 87.5 Å². The highest BCUT2D eigenvalue weighted by atomic mass is 32.2. The molecule has 0 saturated carbocycles. The lowest BCUT2D eigenvalue weighted by atomic mass is 9.75. The number of aromatic nitrogens is 3. The molecular weight excluding hydrogens is 562 g/mol. The van der Waals surface area contributed by atoms with Crippen molar-refractivity contribution in [3.8, 4) is 16.9 Å². The molecule has 0 bridgehead atoms. The first-order valence-electron chi connectivity index (χ1n) is 15.0. The maximum absolute atomic E-state index is 13.3. The normalized spacial score (nSPS) is 19.2. The average Bonchev–Trinajstić information content (AvgIpc) is 3.19. The molecule has 1 fully saturated rings.